The molecular weight excluding hydrogens is 430 g/mol. The highest BCUT2D eigenvalue weighted by atomic mass is 32.2. The lowest BCUT2D eigenvalue weighted by molar-refractivity contribution is -0.139. The Hall–Kier alpha value is -3.50. The van der Waals surface area contributed by atoms with E-state index in [9.17, 15) is 13.2 Å². The van der Waals surface area contributed by atoms with Crippen LogP contribution in [0.2, 0.25) is 0 Å². The zero-order chi connectivity index (χ0) is 22.8. The van der Waals surface area contributed by atoms with Crippen molar-refractivity contribution in [3.8, 4) is 0 Å². The minimum atomic E-state index is -3.97. The normalized spacial score (nSPS) is 17.8. The number of hydrogen-bond donors (Lipinski definition) is 3. The van der Waals surface area contributed by atoms with Crippen LogP contribution in [-0.2, 0) is 26.0 Å². The molecule has 0 saturated carbocycles. The molecule has 1 aliphatic heterocycles. The zero-order valence-corrected chi connectivity index (χ0v) is 18.4. The number of H-pyrrole nitrogens is 1. The highest BCUT2D eigenvalue weighted by Gasteiger charge is 2.40. The third kappa shape index (κ3) is 4.56. The number of fused-ring (bicyclic) bond motifs is 1. The first kappa shape index (κ1) is 21.7. The molecule has 3 aromatic rings. The van der Waals surface area contributed by atoms with Crippen LogP contribution in [0.1, 0.15) is 23.7 Å². The number of aryl methyl sites for hydroxylation is 1. The Morgan fingerprint density at radius 3 is 2.56 bits per heavy atom. The second-order valence-electron chi connectivity index (χ2n) is 7.48. The second-order valence-corrected chi connectivity index (χ2v) is 9.13. The summed E-state index contributed by atoms with van der Waals surface area (Å²) in [5.74, 6) is -1.55. The summed E-state index contributed by atoms with van der Waals surface area (Å²) in [5.41, 5.74) is 2.36. The number of carbonyl (C=O) groups excluding carboxylic acids is 1. The van der Waals surface area contributed by atoms with E-state index in [1.165, 1.54) is 13.3 Å². The Labute approximate surface area is 186 Å². The van der Waals surface area contributed by atoms with Crippen LogP contribution >= 0.6 is 0 Å². The lowest BCUT2D eigenvalue weighted by Gasteiger charge is -2.35. The molecule has 1 atom stereocenters. The van der Waals surface area contributed by atoms with E-state index < -0.39 is 21.8 Å². The SMILES string of the molecule is CC(=O)OCC1=NC(Cc2ccccc2)(NS(=O)(=O)c2ccccc2C)Nc2nc[nH]c21. The number of imidazole rings is 1. The molecule has 0 radical (unpaired) electrons. The predicted octanol–water partition coefficient (Wildman–Crippen LogP) is 2.37. The maximum Gasteiger partial charge on any atom is 0.303 e. The topological polar surface area (TPSA) is 126 Å². The van der Waals surface area contributed by atoms with Gasteiger partial charge in [0.1, 0.15) is 18.0 Å². The molecule has 1 aromatic heterocycles. The van der Waals surface area contributed by atoms with Gasteiger partial charge in [0, 0.05) is 13.3 Å². The number of aliphatic imine (C=N–C) groups is 1. The number of sulfonamides is 1. The number of benzene rings is 2. The first-order valence-corrected chi connectivity index (χ1v) is 11.4. The van der Waals surface area contributed by atoms with Crippen molar-refractivity contribution in [3.05, 3.63) is 77.7 Å². The monoisotopic (exact) mass is 453 g/mol. The summed E-state index contributed by atoms with van der Waals surface area (Å²) in [6.07, 6.45) is 1.66. The highest BCUT2D eigenvalue weighted by molar-refractivity contribution is 7.89. The second kappa shape index (κ2) is 8.56. The first-order chi connectivity index (χ1) is 15.3. The molecule has 0 spiro atoms. The number of carbonyl (C=O) groups is 1. The van der Waals surface area contributed by atoms with Gasteiger partial charge in [-0.25, -0.2) is 18.4 Å². The molecule has 2 heterocycles. The number of aromatic nitrogens is 2. The predicted molar refractivity (Wildman–Crippen MR) is 120 cm³/mol. The van der Waals surface area contributed by atoms with Crippen LogP contribution < -0.4 is 10.0 Å². The van der Waals surface area contributed by atoms with Crippen LogP contribution in [0.5, 0.6) is 0 Å². The largest absolute Gasteiger partial charge is 0.459 e. The van der Waals surface area contributed by atoms with E-state index in [4.69, 9.17) is 9.73 Å². The number of rotatable bonds is 7. The van der Waals surface area contributed by atoms with Crippen molar-refractivity contribution in [2.45, 2.75) is 31.0 Å². The Bertz CT molecular complexity index is 1270. The van der Waals surface area contributed by atoms with Gasteiger partial charge in [0.25, 0.3) is 0 Å². The molecule has 3 N–H and O–H groups in total. The molecule has 0 aliphatic carbocycles. The molecule has 1 aliphatic rings. The molecule has 0 saturated heterocycles. The molecule has 166 valence electrons. The third-order valence-corrected chi connectivity index (χ3v) is 6.62. The lowest BCUT2D eigenvalue weighted by Crippen LogP contribution is -2.57. The van der Waals surface area contributed by atoms with Crippen LogP contribution in [-0.4, -0.2) is 42.5 Å². The molecule has 0 fully saturated rings. The van der Waals surface area contributed by atoms with Crippen molar-refractivity contribution in [2.75, 3.05) is 11.9 Å². The van der Waals surface area contributed by atoms with E-state index in [2.05, 4.69) is 20.0 Å². The van der Waals surface area contributed by atoms with Crippen LogP contribution in [0.3, 0.4) is 0 Å². The van der Waals surface area contributed by atoms with Crippen molar-refractivity contribution in [1.29, 1.82) is 0 Å². The van der Waals surface area contributed by atoms with Crippen LogP contribution in [0.15, 0.2) is 70.8 Å². The Balaban J connectivity index is 1.80. The molecule has 10 heteroatoms. The van der Waals surface area contributed by atoms with Crippen molar-refractivity contribution >= 4 is 27.5 Å². The van der Waals surface area contributed by atoms with Crippen molar-refractivity contribution in [1.82, 2.24) is 14.7 Å². The number of aromatic amines is 1. The Morgan fingerprint density at radius 2 is 1.84 bits per heavy atom. The first-order valence-electron chi connectivity index (χ1n) is 9.95. The molecule has 2 aromatic carbocycles. The fourth-order valence-electron chi connectivity index (χ4n) is 3.59. The minimum absolute atomic E-state index is 0.130. The van der Waals surface area contributed by atoms with E-state index >= 15 is 0 Å². The summed E-state index contributed by atoms with van der Waals surface area (Å²) >= 11 is 0. The Kier molecular flexibility index (Phi) is 5.81. The van der Waals surface area contributed by atoms with E-state index in [-0.39, 0.29) is 17.9 Å². The number of nitrogens with one attached hydrogen (secondary N) is 3. The van der Waals surface area contributed by atoms with Gasteiger partial charge in [-0.15, -0.1) is 0 Å². The van der Waals surface area contributed by atoms with Gasteiger partial charge in [-0.05, 0) is 24.1 Å². The molecule has 0 amide bonds. The molecule has 32 heavy (non-hydrogen) atoms. The fraction of sp³-hybridized carbons (Fsp3) is 0.227. The summed E-state index contributed by atoms with van der Waals surface area (Å²) < 4.78 is 34.7. The summed E-state index contributed by atoms with van der Waals surface area (Å²) in [6, 6.07) is 16.1. The number of hydrogen-bond acceptors (Lipinski definition) is 7. The van der Waals surface area contributed by atoms with Crippen molar-refractivity contribution in [3.63, 3.8) is 0 Å². The average molecular weight is 454 g/mol. The van der Waals surface area contributed by atoms with Gasteiger partial charge in [-0.3, -0.25) is 4.79 Å². The van der Waals surface area contributed by atoms with E-state index in [0.29, 0.717) is 22.8 Å². The zero-order valence-electron chi connectivity index (χ0n) is 17.6. The van der Waals surface area contributed by atoms with Crippen LogP contribution in [0, 0.1) is 6.92 Å². The number of ether oxygens (including phenoxy) is 1. The lowest BCUT2D eigenvalue weighted by atomic mass is 10.1. The van der Waals surface area contributed by atoms with E-state index in [1.807, 2.05) is 30.3 Å². The van der Waals surface area contributed by atoms with Gasteiger partial charge >= 0.3 is 5.97 Å². The highest BCUT2D eigenvalue weighted by Crippen LogP contribution is 2.29. The van der Waals surface area contributed by atoms with Gasteiger partial charge in [0.2, 0.25) is 15.8 Å². The van der Waals surface area contributed by atoms with Crippen molar-refractivity contribution in [2.24, 2.45) is 4.99 Å². The molecule has 0 bridgehead atoms. The number of anilines is 1. The quantitative estimate of drug-likeness (QED) is 0.472. The molecule has 9 nitrogen and oxygen atoms in total. The summed E-state index contributed by atoms with van der Waals surface area (Å²) in [6.45, 7) is 2.90. The Morgan fingerprint density at radius 1 is 1.12 bits per heavy atom. The van der Waals surface area contributed by atoms with Crippen LogP contribution in [0.25, 0.3) is 0 Å². The number of esters is 1. The van der Waals surface area contributed by atoms with E-state index in [0.717, 1.165) is 5.56 Å². The molecular formula is C22H23N5O4S. The maximum absolute atomic E-state index is 13.4. The van der Waals surface area contributed by atoms with Gasteiger partial charge in [0.15, 0.2) is 5.82 Å². The van der Waals surface area contributed by atoms with Gasteiger partial charge < -0.3 is 15.0 Å². The average Bonchev–Trinajstić information content (AvgIpc) is 3.20. The molecule has 1 unspecified atom stereocenters. The third-order valence-electron chi connectivity index (χ3n) is 4.98. The smallest absolute Gasteiger partial charge is 0.303 e. The summed E-state index contributed by atoms with van der Waals surface area (Å²) in [4.78, 5) is 23.5. The molecule has 4 rings (SSSR count). The minimum Gasteiger partial charge on any atom is -0.459 e. The van der Waals surface area contributed by atoms with Crippen LogP contribution in [0.4, 0.5) is 5.82 Å². The number of nitrogens with zero attached hydrogens (tertiary/aromatic N) is 2. The summed E-state index contributed by atoms with van der Waals surface area (Å²) in [5, 5.41) is 3.14. The maximum atomic E-state index is 13.4. The van der Waals surface area contributed by atoms with Gasteiger partial charge in [-0.1, -0.05) is 48.5 Å². The fourth-order valence-corrected chi connectivity index (χ4v) is 5.06. The van der Waals surface area contributed by atoms with E-state index in [1.54, 1.807) is 31.2 Å². The van der Waals surface area contributed by atoms with Gasteiger partial charge in [-0.2, -0.15) is 4.72 Å². The van der Waals surface area contributed by atoms with Crippen molar-refractivity contribution < 1.29 is 17.9 Å². The van der Waals surface area contributed by atoms with Gasteiger partial charge in [0.05, 0.1) is 11.2 Å². The standard InChI is InChI=1S/C22H23N5O4S/c1-15-8-6-7-11-19(15)32(29,30)27-22(12-17-9-4-3-5-10-17)25-18(13-31-16(2)28)20-21(26-22)24-14-23-20/h3-11,14,26-27H,12-13H2,1-2H3,(H,23,24). The summed E-state index contributed by atoms with van der Waals surface area (Å²) in [7, 11) is -3.97.